The summed E-state index contributed by atoms with van der Waals surface area (Å²) in [5.41, 5.74) is 0. The van der Waals surface area contributed by atoms with Crippen LogP contribution in [0.2, 0.25) is 0 Å². The smallest absolute Gasteiger partial charge is 0.245 e. The standard InChI is InChI=1S/C4H10O.C2H6O9S2/c1-3-5-4-2;3-12(4,5)10-2-1-9-11-13(6,7)8/h3-4H2,1-2H3;1-2H2,(H,3,4,5)(H,6,7,8)/p-2. The van der Waals surface area contributed by atoms with Crippen molar-refractivity contribution in [2.24, 2.45) is 0 Å². The van der Waals surface area contributed by atoms with Gasteiger partial charge in [-0.1, -0.05) is 0 Å². The Morgan fingerprint density at radius 1 is 0.889 bits per heavy atom. The van der Waals surface area contributed by atoms with E-state index in [0.717, 1.165) is 13.2 Å². The predicted molar refractivity (Wildman–Crippen MR) is 54.6 cm³/mol. The first kappa shape index (κ1) is 20.0. The van der Waals surface area contributed by atoms with Crippen molar-refractivity contribution in [1.82, 2.24) is 0 Å². The quantitative estimate of drug-likeness (QED) is 0.178. The molecule has 112 valence electrons. The Bertz CT molecular complexity index is 335. The van der Waals surface area contributed by atoms with E-state index in [9.17, 15) is 25.9 Å². The van der Waals surface area contributed by atoms with Gasteiger partial charge >= 0.3 is 0 Å². The molecule has 0 aliphatic carbocycles. The van der Waals surface area contributed by atoms with E-state index in [1.165, 1.54) is 0 Å². The van der Waals surface area contributed by atoms with E-state index in [1.54, 1.807) is 0 Å². The minimum atomic E-state index is -5.00. The highest BCUT2D eigenvalue weighted by atomic mass is 32.3. The molecule has 0 atom stereocenters. The Morgan fingerprint density at radius 2 is 1.39 bits per heavy atom. The molecule has 0 aromatic carbocycles. The Balaban J connectivity index is 0. The van der Waals surface area contributed by atoms with E-state index in [0.29, 0.717) is 0 Å². The van der Waals surface area contributed by atoms with Gasteiger partial charge in [0.15, 0.2) is 0 Å². The van der Waals surface area contributed by atoms with Gasteiger partial charge in [0.25, 0.3) is 0 Å². The average Bonchev–Trinajstić information content (AvgIpc) is 2.15. The van der Waals surface area contributed by atoms with Gasteiger partial charge in [-0.2, -0.15) is 0 Å². The molecule has 0 unspecified atom stereocenters. The van der Waals surface area contributed by atoms with Crippen LogP contribution in [0, 0.1) is 0 Å². The van der Waals surface area contributed by atoms with E-state index >= 15 is 0 Å². The summed E-state index contributed by atoms with van der Waals surface area (Å²) < 4.78 is 69.8. The van der Waals surface area contributed by atoms with Crippen LogP contribution in [0.25, 0.3) is 0 Å². The van der Waals surface area contributed by atoms with Gasteiger partial charge in [-0.05, 0) is 13.8 Å². The minimum absolute atomic E-state index is 0.692. The molecular weight excluding hydrogens is 296 g/mol. The highest BCUT2D eigenvalue weighted by Gasteiger charge is 1.98. The van der Waals surface area contributed by atoms with E-state index in [-0.39, 0.29) is 0 Å². The van der Waals surface area contributed by atoms with Crippen LogP contribution in [0.4, 0.5) is 0 Å². The summed E-state index contributed by atoms with van der Waals surface area (Å²) in [6.45, 7) is 4.23. The van der Waals surface area contributed by atoms with Crippen LogP contribution in [0.15, 0.2) is 0 Å². The molecule has 0 saturated carbocycles. The predicted octanol–water partition coefficient (Wildman–Crippen LogP) is -1.09. The summed E-state index contributed by atoms with van der Waals surface area (Å²) in [7, 11) is -9.85. The molecule has 18 heavy (non-hydrogen) atoms. The number of ether oxygens (including phenoxy) is 1. The van der Waals surface area contributed by atoms with Gasteiger partial charge in [-0.25, -0.2) is 21.7 Å². The first-order chi connectivity index (χ1) is 8.12. The van der Waals surface area contributed by atoms with Gasteiger partial charge in [-0.15, -0.1) is 4.33 Å². The Labute approximate surface area is 106 Å². The molecule has 0 aromatic rings. The molecule has 0 aromatic heterocycles. The molecule has 0 aliphatic heterocycles. The second-order valence-corrected chi connectivity index (χ2v) is 4.31. The van der Waals surface area contributed by atoms with Crippen molar-refractivity contribution in [2.45, 2.75) is 13.8 Å². The maximum Gasteiger partial charge on any atom is 0.245 e. The molecule has 0 spiro atoms. The van der Waals surface area contributed by atoms with Crippen LogP contribution in [-0.4, -0.2) is 52.4 Å². The molecule has 10 nitrogen and oxygen atoms in total. The van der Waals surface area contributed by atoms with Gasteiger partial charge in [0.05, 0.1) is 6.61 Å². The lowest BCUT2D eigenvalue weighted by Gasteiger charge is -2.08. The number of rotatable bonds is 8. The molecule has 0 fully saturated rings. The molecule has 0 aliphatic rings. The third-order valence-corrected chi connectivity index (χ3v) is 1.65. The maximum atomic E-state index is 9.74. The largest absolute Gasteiger partial charge is 0.726 e. The van der Waals surface area contributed by atoms with Crippen molar-refractivity contribution >= 4 is 20.8 Å². The topological polar surface area (TPSA) is 151 Å². The van der Waals surface area contributed by atoms with Crippen molar-refractivity contribution in [3.8, 4) is 0 Å². The zero-order valence-corrected chi connectivity index (χ0v) is 11.4. The van der Waals surface area contributed by atoms with Crippen LogP contribution >= 0.6 is 0 Å². The molecule has 0 rings (SSSR count). The molecule has 0 radical (unpaired) electrons. The fraction of sp³-hybridized carbons (Fsp3) is 1.00. The summed E-state index contributed by atoms with van der Waals surface area (Å²) in [6.07, 6.45) is 0. The van der Waals surface area contributed by atoms with Crippen molar-refractivity contribution in [2.75, 3.05) is 26.4 Å². The fourth-order valence-corrected chi connectivity index (χ4v) is 0.925. The van der Waals surface area contributed by atoms with E-state index in [4.69, 9.17) is 4.74 Å². The van der Waals surface area contributed by atoms with Gasteiger partial charge in [0.1, 0.15) is 6.61 Å². The Kier molecular flexibility index (Phi) is 11.7. The molecule has 0 heterocycles. The minimum Gasteiger partial charge on any atom is -0.726 e. The summed E-state index contributed by atoms with van der Waals surface area (Å²) >= 11 is 0. The van der Waals surface area contributed by atoms with Crippen LogP contribution in [-0.2, 0) is 38.9 Å². The van der Waals surface area contributed by atoms with Crippen LogP contribution < -0.4 is 0 Å². The van der Waals surface area contributed by atoms with Crippen LogP contribution in [0.3, 0.4) is 0 Å². The third-order valence-electron chi connectivity index (χ3n) is 0.934. The number of hydrogen-bond acceptors (Lipinski definition) is 10. The SMILES string of the molecule is CCOCC.O=S(=O)([O-])OCCOOS(=O)(=O)[O-]. The summed E-state index contributed by atoms with van der Waals surface area (Å²) in [4.78, 5) is 3.66. The highest BCUT2D eigenvalue weighted by Crippen LogP contribution is 1.89. The van der Waals surface area contributed by atoms with Gasteiger partial charge in [0, 0.05) is 13.2 Å². The van der Waals surface area contributed by atoms with Crippen molar-refractivity contribution in [3.63, 3.8) is 0 Å². The Hall–Kier alpha value is -0.340. The average molecular weight is 310 g/mol. The Morgan fingerprint density at radius 3 is 1.67 bits per heavy atom. The van der Waals surface area contributed by atoms with Gasteiger partial charge in [-0.3, -0.25) is 4.18 Å². The van der Waals surface area contributed by atoms with Crippen molar-refractivity contribution < 1.29 is 44.1 Å². The zero-order valence-electron chi connectivity index (χ0n) is 9.73. The monoisotopic (exact) mass is 310 g/mol. The van der Waals surface area contributed by atoms with E-state index in [2.05, 4.69) is 13.4 Å². The van der Waals surface area contributed by atoms with E-state index in [1.807, 2.05) is 13.8 Å². The van der Waals surface area contributed by atoms with Crippen LogP contribution in [0.5, 0.6) is 0 Å². The first-order valence-electron chi connectivity index (χ1n) is 4.57. The zero-order chi connectivity index (χ0) is 14.7. The van der Waals surface area contributed by atoms with Crippen molar-refractivity contribution in [1.29, 1.82) is 0 Å². The third kappa shape index (κ3) is 24.8. The molecule has 12 heteroatoms. The lowest BCUT2D eigenvalue weighted by Crippen LogP contribution is -2.12. The molecule has 0 N–H and O–H groups in total. The summed E-state index contributed by atoms with van der Waals surface area (Å²) in [5, 5.41) is 0. The first-order valence-corrected chi connectivity index (χ1v) is 7.24. The highest BCUT2D eigenvalue weighted by molar-refractivity contribution is 7.81. The molecule has 0 amide bonds. The maximum absolute atomic E-state index is 9.74. The van der Waals surface area contributed by atoms with Gasteiger partial charge in [0.2, 0.25) is 20.8 Å². The fourth-order valence-electron chi connectivity index (χ4n) is 0.467. The summed E-state index contributed by atoms with van der Waals surface area (Å²) in [6, 6.07) is 0. The lowest BCUT2D eigenvalue weighted by atomic mass is 10.8. The lowest BCUT2D eigenvalue weighted by molar-refractivity contribution is -0.212. The summed E-state index contributed by atoms with van der Waals surface area (Å²) in [5.74, 6) is 0. The molecule has 0 bridgehead atoms. The molecule has 0 saturated heterocycles. The number of hydrogen-bond donors (Lipinski definition) is 0. The van der Waals surface area contributed by atoms with Crippen molar-refractivity contribution in [3.05, 3.63) is 0 Å². The van der Waals surface area contributed by atoms with E-state index < -0.39 is 34.0 Å². The van der Waals surface area contributed by atoms with Gasteiger partial charge < -0.3 is 13.8 Å². The normalized spacial score (nSPS) is 11.8. The second kappa shape index (κ2) is 10.6. The van der Waals surface area contributed by atoms with Crippen LogP contribution in [0.1, 0.15) is 13.8 Å². The molecular formula is C6H14O10S2-2. The second-order valence-electron chi connectivity index (χ2n) is 2.31.